The van der Waals surface area contributed by atoms with Crippen LogP contribution < -0.4 is 4.90 Å². The second-order valence-corrected chi connectivity index (χ2v) is 12.8. The number of oxazole rings is 1. The van der Waals surface area contributed by atoms with E-state index in [0.717, 1.165) is 61.2 Å². The van der Waals surface area contributed by atoms with E-state index in [-0.39, 0.29) is 0 Å². The number of hydrogen-bond donors (Lipinski definition) is 0. The van der Waals surface area contributed by atoms with Crippen molar-refractivity contribution in [3.05, 3.63) is 182 Å². The number of hydrogen-bond acceptors (Lipinski definition) is 4. The van der Waals surface area contributed by atoms with Crippen LogP contribution in [0.1, 0.15) is 0 Å². The monoisotopic (exact) mass is 654 g/mol. The molecule has 0 fully saturated rings. The molecule has 8 aromatic carbocycles. The minimum atomic E-state index is 0.586. The molecular weight excluding hydrogens is 625 g/mol. The lowest BCUT2D eigenvalue weighted by molar-refractivity contribution is 0.619. The van der Waals surface area contributed by atoms with E-state index < -0.39 is 0 Å². The SMILES string of the molecule is c1ccc(-c2nc3cc4c(oc5ccccc54)c(-c4ccc(N(c5ccccc5)c5ccc(-c6cccc7ccccc67)cc5)cc4)c3o2)cc1. The molecule has 240 valence electrons. The first kappa shape index (κ1) is 29.0. The topological polar surface area (TPSA) is 42.4 Å². The molecule has 0 amide bonds. The molecular formula is C47H30N2O2. The summed E-state index contributed by atoms with van der Waals surface area (Å²) in [5.74, 6) is 0.586. The van der Waals surface area contributed by atoms with E-state index in [9.17, 15) is 0 Å². The van der Waals surface area contributed by atoms with E-state index in [1.54, 1.807) is 0 Å². The number of nitrogens with zero attached hydrogens (tertiary/aromatic N) is 2. The van der Waals surface area contributed by atoms with Crippen LogP contribution in [0.15, 0.2) is 191 Å². The Morgan fingerprint density at radius 3 is 1.78 bits per heavy atom. The fourth-order valence-corrected chi connectivity index (χ4v) is 7.28. The van der Waals surface area contributed by atoms with Crippen molar-refractivity contribution in [1.29, 1.82) is 0 Å². The standard InChI is InChI=1S/C47H30N2O2/c1-3-13-34(14-4-1)47-48-42-30-41-40-19-9-10-21-43(40)50-45(41)44(46(42)51-47)33-24-28-37(29-25-33)49(35-16-5-2-6-17-35)36-26-22-32(23-27-36)39-20-11-15-31-12-7-8-18-38(31)39/h1-30H. The molecule has 0 bridgehead atoms. The maximum atomic E-state index is 6.55. The molecule has 0 unspecified atom stereocenters. The minimum Gasteiger partial charge on any atom is -0.455 e. The second kappa shape index (κ2) is 11.9. The van der Waals surface area contributed by atoms with Crippen LogP contribution in [-0.4, -0.2) is 4.98 Å². The highest BCUT2D eigenvalue weighted by Crippen LogP contribution is 2.44. The van der Waals surface area contributed by atoms with Crippen molar-refractivity contribution in [2.45, 2.75) is 0 Å². The van der Waals surface area contributed by atoms with Crippen LogP contribution in [0.25, 0.3) is 77.5 Å². The lowest BCUT2D eigenvalue weighted by Gasteiger charge is -2.26. The van der Waals surface area contributed by atoms with Crippen molar-refractivity contribution in [2.75, 3.05) is 4.90 Å². The van der Waals surface area contributed by atoms with E-state index in [2.05, 4.69) is 138 Å². The first-order valence-electron chi connectivity index (χ1n) is 17.1. The smallest absolute Gasteiger partial charge is 0.227 e. The summed E-state index contributed by atoms with van der Waals surface area (Å²) in [5.41, 5.74) is 11.5. The van der Waals surface area contributed by atoms with Gasteiger partial charge in [0, 0.05) is 33.4 Å². The van der Waals surface area contributed by atoms with Crippen LogP contribution in [0, 0.1) is 0 Å². The Labute approximate surface area is 294 Å². The quantitative estimate of drug-likeness (QED) is 0.179. The molecule has 0 aliphatic carbocycles. The first-order chi connectivity index (χ1) is 25.3. The van der Waals surface area contributed by atoms with Gasteiger partial charge in [0.25, 0.3) is 0 Å². The number of para-hydroxylation sites is 2. The largest absolute Gasteiger partial charge is 0.455 e. The molecule has 0 atom stereocenters. The van der Waals surface area contributed by atoms with E-state index in [1.807, 2.05) is 48.5 Å². The maximum absolute atomic E-state index is 6.55. The van der Waals surface area contributed by atoms with Gasteiger partial charge in [0.15, 0.2) is 5.58 Å². The van der Waals surface area contributed by atoms with Crippen molar-refractivity contribution in [3.63, 3.8) is 0 Å². The highest BCUT2D eigenvalue weighted by molar-refractivity contribution is 6.16. The van der Waals surface area contributed by atoms with Gasteiger partial charge in [0.1, 0.15) is 16.7 Å². The Hall–Kier alpha value is -6.91. The van der Waals surface area contributed by atoms with Crippen molar-refractivity contribution < 1.29 is 8.83 Å². The van der Waals surface area contributed by atoms with Gasteiger partial charge in [-0.2, -0.15) is 0 Å². The summed E-state index contributed by atoms with van der Waals surface area (Å²) >= 11 is 0. The maximum Gasteiger partial charge on any atom is 0.227 e. The summed E-state index contributed by atoms with van der Waals surface area (Å²) in [7, 11) is 0. The van der Waals surface area contributed by atoms with Gasteiger partial charge in [0.2, 0.25) is 5.89 Å². The Kier molecular flexibility index (Phi) is 6.78. The molecule has 0 saturated heterocycles. The number of rotatable bonds is 6. The second-order valence-electron chi connectivity index (χ2n) is 12.8. The van der Waals surface area contributed by atoms with Gasteiger partial charge in [0.05, 0.1) is 5.56 Å². The number of aromatic nitrogens is 1. The fourth-order valence-electron chi connectivity index (χ4n) is 7.28. The third kappa shape index (κ3) is 4.96. The molecule has 0 saturated carbocycles. The van der Waals surface area contributed by atoms with Crippen molar-refractivity contribution >= 4 is 60.9 Å². The molecule has 2 heterocycles. The predicted octanol–water partition coefficient (Wildman–Crippen LogP) is 13.4. The third-order valence-electron chi connectivity index (χ3n) is 9.70. The summed E-state index contributed by atoms with van der Waals surface area (Å²) in [5, 5.41) is 4.56. The van der Waals surface area contributed by atoms with E-state index >= 15 is 0 Å². The summed E-state index contributed by atoms with van der Waals surface area (Å²) in [4.78, 5) is 7.25. The number of fused-ring (bicyclic) bond motifs is 5. The zero-order valence-electron chi connectivity index (χ0n) is 27.5. The van der Waals surface area contributed by atoms with Gasteiger partial charge >= 0.3 is 0 Å². The van der Waals surface area contributed by atoms with Crippen LogP contribution in [0.5, 0.6) is 0 Å². The molecule has 0 N–H and O–H groups in total. The van der Waals surface area contributed by atoms with Gasteiger partial charge in [-0.3, -0.25) is 0 Å². The van der Waals surface area contributed by atoms with Crippen molar-refractivity contribution in [2.24, 2.45) is 0 Å². The van der Waals surface area contributed by atoms with E-state index in [1.165, 1.54) is 21.9 Å². The Bertz CT molecular complexity index is 2830. The molecule has 51 heavy (non-hydrogen) atoms. The Morgan fingerprint density at radius 1 is 0.412 bits per heavy atom. The van der Waals surface area contributed by atoms with Crippen LogP contribution in [0.4, 0.5) is 17.1 Å². The van der Waals surface area contributed by atoms with E-state index in [4.69, 9.17) is 13.8 Å². The molecule has 0 spiro atoms. The summed E-state index contributed by atoms with van der Waals surface area (Å²) in [6.07, 6.45) is 0. The van der Waals surface area contributed by atoms with Gasteiger partial charge < -0.3 is 13.7 Å². The molecule has 0 aliphatic heterocycles. The zero-order valence-corrected chi connectivity index (χ0v) is 27.5. The Balaban J connectivity index is 1.10. The average molecular weight is 655 g/mol. The number of benzene rings is 8. The average Bonchev–Trinajstić information content (AvgIpc) is 3.80. The van der Waals surface area contributed by atoms with Crippen LogP contribution in [0.2, 0.25) is 0 Å². The minimum absolute atomic E-state index is 0.586. The highest BCUT2D eigenvalue weighted by Gasteiger charge is 2.22. The lowest BCUT2D eigenvalue weighted by Crippen LogP contribution is -2.09. The molecule has 10 aromatic rings. The fraction of sp³-hybridized carbons (Fsp3) is 0. The molecule has 0 aliphatic rings. The summed E-state index contributed by atoms with van der Waals surface area (Å²) in [6, 6.07) is 63.3. The molecule has 2 aromatic heterocycles. The van der Waals surface area contributed by atoms with Crippen LogP contribution >= 0.6 is 0 Å². The highest BCUT2D eigenvalue weighted by atomic mass is 16.4. The van der Waals surface area contributed by atoms with Gasteiger partial charge in [-0.1, -0.05) is 121 Å². The van der Waals surface area contributed by atoms with Gasteiger partial charge in [-0.05, 0) is 88.1 Å². The predicted molar refractivity (Wildman–Crippen MR) is 210 cm³/mol. The normalized spacial score (nSPS) is 11.5. The molecule has 0 radical (unpaired) electrons. The van der Waals surface area contributed by atoms with Crippen LogP contribution in [-0.2, 0) is 0 Å². The summed E-state index contributed by atoms with van der Waals surface area (Å²) < 4.78 is 13.1. The van der Waals surface area contributed by atoms with Crippen molar-refractivity contribution in [3.8, 4) is 33.7 Å². The number of furan rings is 1. The summed E-state index contributed by atoms with van der Waals surface area (Å²) in [6.45, 7) is 0. The number of anilines is 3. The zero-order chi connectivity index (χ0) is 33.7. The van der Waals surface area contributed by atoms with E-state index in [0.29, 0.717) is 11.5 Å². The molecule has 10 rings (SSSR count). The van der Waals surface area contributed by atoms with Crippen LogP contribution in [0.3, 0.4) is 0 Å². The molecule has 4 nitrogen and oxygen atoms in total. The van der Waals surface area contributed by atoms with Gasteiger partial charge in [-0.15, -0.1) is 0 Å². The van der Waals surface area contributed by atoms with Crippen molar-refractivity contribution in [1.82, 2.24) is 4.98 Å². The molecule has 4 heteroatoms. The third-order valence-corrected chi connectivity index (χ3v) is 9.70. The Morgan fingerprint density at radius 2 is 1.02 bits per heavy atom. The van der Waals surface area contributed by atoms with Gasteiger partial charge in [-0.25, -0.2) is 4.98 Å². The lowest BCUT2D eigenvalue weighted by atomic mass is 9.98. The first-order valence-corrected chi connectivity index (χ1v) is 17.1.